The summed E-state index contributed by atoms with van der Waals surface area (Å²) in [5.74, 6) is -0.389. The van der Waals surface area contributed by atoms with Crippen molar-refractivity contribution in [2.24, 2.45) is 11.8 Å². The normalized spacial score (nSPS) is 26.4. The van der Waals surface area contributed by atoms with Crippen LogP contribution in [0.2, 0.25) is 0 Å². The van der Waals surface area contributed by atoms with Crippen molar-refractivity contribution in [3.05, 3.63) is 47.2 Å². The van der Waals surface area contributed by atoms with Gasteiger partial charge >= 0.3 is 5.97 Å². The number of H-pyrrole nitrogens is 1. The number of nitrogens with one attached hydrogen (secondary N) is 1. The summed E-state index contributed by atoms with van der Waals surface area (Å²) in [4.78, 5) is 18.4. The summed E-state index contributed by atoms with van der Waals surface area (Å²) in [5, 5.41) is 11.1. The SMILES string of the molecule is C/C=C(\CO)C1CC2c3[nH]c4ccccc4c3CCN2CC1C(=O)OC. The van der Waals surface area contributed by atoms with E-state index in [9.17, 15) is 9.90 Å². The van der Waals surface area contributed by atoms with Crippen LogP contribution in [0.15, 0.2) is 35.9 Å². The Balaban J connectivity index is 1.74. The number of carbonyl (C=O) groups excluding carboxylic acids is 1. The van der Waals surface area contributed by atoms with E-state index in [4.69, 9.17) is 4.74 Å². The smallest absolute Gasteiger partial charge is 0.310 e. The first-order valence-electron chi connectivity index (χ1n) is 9.35. The molecule has 3 heterocycles. The second kappa shape index (κ2) is 6.89. The average molecular weight is 354 g/mol. The molecule has 0 radical (unpaired) electrons. The topological polar surface area (TPSA) is 65.6 Å². The minimum Gasteiger partial charge on any atom is -0.469 e. The quantitative estimate of drug-likeness (QED) is 0.657. The van der Waals surface area contributed by atoms with Crippen LogP contribution in [0.25, 0.3) is 10.9 Å². The number of allylic oxidation sites excluding steroid dienone is 1. The fraction of sp³-hybridized carbons (Fsp3) is 0.476. The predicted molar refractivity (Wildman–Crippen MR) is 101 cm³/mol. The first kappa shape index (κ1) is 17.3. The lowest BCUT2D eigenvalue weighted by Gasteiger charge is -2.45. The maximum absolute atomic E-state index is 12.4. The van der Waals surface area contributed by atoms with E-state index in [0.717, 1.165) is 25.0 Å². The molecule has 2 N–H and O–H groups in total. The Hall–Kier alpha value is -2.11. The van der Waals surface area contributed by atoms with Gasteiger partial charge in [0.25, 0.3) is 0 Å². The Bertz CT molecular complexity index is 854. The van der Waals surface area contributed by atoms with Gasteiger partial charge in [-0.2, -0.15) is 0 Å². The van der Waals surface area contributed by atoms with Crippen LogP contribution in [0.1, 0.15) is 30.6 Å². The van der Waals surface area contributed by atoms with Crippen LogP contribution in [-0.2, 0) is 16.0 Å². The first-order valence-corrected chi connectivity index (χ1v) is 9.35. The number of carbonyl (C=O) groups is 1. The largest absolute Gasteiger partial charge is 0.469 e. The number of nitrogens with zero attached hydrogens (tertiary/aromatic N) is 1. The minimum absolute atomic E-state index is 0.0102. The van der Waals surface area contributed by atoms with Gasteiger partial charge in [0.2, 0.25) is 0 Å². The van der Waals surface area contributed by atoms with Crippen molar-refractivity contribution in [1.82, 2.24) is 9.88 Å². The lowest BCUT2D eigenvalue weighted by atomic mass is 9.75. The Labute approximate surface area is 153 Å². The molecule has 3 unspecified atom stereocenters. The molecule has 5 nitrogen and oxygen atoms in total. The van der Waals surface area contributed by atoms with Gasteiger partial charge in [0.15, 0.2) is 0 Å². The number of aromatic nitrogens is 1. The molecular weight excluding hydrogens is 328 g/mol. The number of rotatable bonds is 3. The summed E-state index contributed by atoms with van der Waals surface area (Å²) in [6, 6.07) is 8.70. The van der Waals surface area contributed by atoms with Crippen LogP contribution in [0, 0.1) is 11.8 Å². The van der Waals surface area contributed by atoms with E-state index < -0.39 is 0 Å². The van der Waals surface area contributed by atoms with Crippen LogP contribution in [0.4, 0.5) is 0 Å². The molecule has 0 spiro atoms. The van der Waals surface area contributed by atoms with E-state index in [1.807, 2.05) is 13.0 Å². The Kier molecular flexibility index (Phi) is 4.59. The highest BCUT2D eigenvalue weighted by Crippen LogP contribution is 2.45. The number of hydrogen-bond acceptors (Lipinski definition) is 4. The monoisotopic (exact) mass is 354 g/mol. The van der Waals surface area contributed by atoms with E-state index in [2.05, 4.69) is 34.1 Å². The maximum Gasteiger partial charge on any atom is 0.310 e. The van der Waals surface area contributed by atoms with Gasteiger partial charge in [-0.25, -0.2) is 0 Å². The molecule has 2 aromatic rings. The van der Waals surface area contributed by atoms with Crippen LogP contribution in [-0.4, -0.2) is 47.8 Å². The Morgan fingerprint density at radius 2 is 2.19 bits per heavy atom. The lowest BCUT2D eigenvalue weighted by molar-refractivity contribution is -0.150. The van der Waals surface area contributed by atoms with Gasteiger partial charge in [0.1, 0.15) is 0 Å². The molecule has 5 heteroatoms. The van der Waals surface area contributed by atoms with Crippen molar-refractivity contribution < 1.29 is 14.6 Å². The minimum atomic E-state index is -0.222. The van der Waals surface area contributed by atoms with Crippen molar-refractivity contribution in [3.8, 4) is 0 Å². The van der Waals surface area contributed by atoms with Crippen molar-refractivity contribution >= 4 is 16.9 Å². The number of fused-ring (bicyclic) bond motifs is 5. The van der Waals surface area contributed by atoms with Crippen molar-refractivity contribution in [1.29, 1.82) is 0 Å². The van der Waals surface area contributed by atoms with E-state index in [1.54, 1.807) is 0 Å². The van der Waals surface area contributed by atoms with Gasteiger partial charge in [-0.05, 0) is 42.9 Å². The number of piperidine rings is 1. The number of hydrogen-bond donors (Lipinski definition) is 2. The molecule has 4 rings (SSSR count). The highest BCUT2D eigenvalue weighted by Gasteiger charge is 2.44. The van der Waals surface area contributed by atoms with Crippen molar-refractivity contribution in [2.45, 2.75) is 25.8 Å². The molecule has 1 aromatic carbocycles. The number of aliphatic hydroxyl groups is 1. The molecule has 0 aliphatic carbocycles. The molecule has 0 bridgehead atoms. The van der Waals surface area contributed by atoms with E-state index in [-0.39, 0.29) is 30.5 Å². The summed E-state index contributed by atoms with van der Waals surface area (Å²) >= 11 is 0. The zero-order valence-corrected chi connectivity index (χ0v) is 15.4. The number of aromatic amines is 1. The molecule has 2 aliphatic rings. The summed E-state index contributed by atoms with van der Waals surface area (Å²) in [5.41, 5.74) is 4.80. The molecule has 1 saturated heterocycles. The van der Waals surface area contributed by atoms with E-state index in [1.165, 1.54) is 29.3 Å². The summed E-state index contributed by atoms with van der Waals surface area (Å²) in [7, 11) is 1.45. The van der Waals surface area contributed by atoms with Gasteiger partial charge in [0.05, 0.1) is 25.7 Å². The summed E-state index contributed by atoms with van der Waals surface area (Å²) < 4.78 is 5.07. The maximum atomic E-state index is 12.4. The number of ether oxygens (including phenoxy) is 1. The predicted octanol–water partition coefficient (Wildman–Crippen LogP) is 2.81. The molecule has 2 aliphatic heterocycles. The lowest BCUT2D eigenvalue weighted by Crippen LogP contribution is -2.49. The van der Waals surface area contributed by atoms with Crippen LogP contribution >= 0.6 is 0 Å². The number of benzene rings is 1. The molecule has 1 fully saturated rings. The number of aliphatic hydroxyl groups excluding tert-OH is 1. The number of methoxy groups -OCH3 is 1. The average Bonchev–Trinajstić information content (AvgIpc) is 3.07. The Morgan fingerprint density at radius 3 is 2.92 bits per heavy atom. The first-order chi connectivity index (χ1) is 12.7. The van der Waals surface area contributed by atoms with Gasteiger partial charge in [-0.3, -0.25) is 9.69 Å². The molecule has 1 aromatic heterocycles. The molecular formula is C21H26N2O3. The zero-order valence-electron chi connectivity index (χ0n) is 15.4. The second-order valence-electron chi connectivity index (χ2n) is 7.32. The molecule has 138 valence electrons. The van der Waals surface area contributed by atoms with E-state index in [0.29, 0.717) is 6.54 Å². The molecule has 26 heavy (non-hydrogen) atoms. The molecule has 0 amide bonds. The van der Waals surface area contributed by atoms with Crippen LogP contribution < -0.4 is 0 Å². The second-order valence-corrected chi connectivity index (χ2v) is 7.32. The molecule has 3 atom stereocenters. The van der Waals surface area contributed by atoms with Crippen molar-refractivity contribution in [2.75, 3.05) is 26.8 Å². The highest BCUT2D eigenvalue weighted by molar-refractivity contribution is 5.85. The third-order valence-corrected chi connectivity index (χ3v) is 6.20. The zero-order chi connectivity index (χ0) is 18.3. The fourth-order valence-electron chi connectivity index (χ4n) is 4.86. The standard InChI is InChI=1S/C21H26N2O3/c1-3-13(12-24)16-10-19-20-15(14-6-4-5-7-18(14)22-20)8-9-23(19)11-17(16)21(25)26-2/h3-7,16-17,19,22,24H,8-12H2,1-2H3/b13-3+. The van der Waals surface area contributed by atoms with Crippen molar-refractivity contribution in [3.63, 3.8) is 0 Å². The molecule has 0 saturated carbocycles. The Morgan fingerprint density at radius 1 is 1.38 bits per heavy atom. The number of esters is 1. The number of para-hydroxylation sites is 1. The van der Waals surface area contributed by atoms with Gasteiger partial charge in [0, 0.05) is 29.7 Å². The summed E-state index contributed by atoms with van der Waals surface area (Å²) in [6.45, 7) is 3.54. The third kappa shape index (κ3) is 2.66. The van der Waals surface area contributed by atoms with Gasteiger partial charge in [-0.1, -0.05) is 24.3 Å². The highest BCUT2D eigenvalue weighted by atomic mass is 16.5. The van der Waals surface area contributed by atoms with Crippen LogP contribution in [0.3, 0.4) is 0 Å². The van der Waals surface area contributed by atoms with Crippen LogP contribution in [0.5, 0.6) is 0 Å². The third-order valence-electron chi connectivity index (χ3n) is 6.20. The van der Waals surface area contributed by atoms with Gasteiger partial charge in [-0.15, -0.1) is 0 Å². The van der Waals surface area contributed by atoms with Gasteiger partial charge < -0.3 is 14.8 Å². The summed E-state index contributed by atoms with van der Waals surface area (Å²) in [6.07, 6.45) is 3.76. The van der Waals surface area contributed by atoms with E-state index >= 15 is 0 Å². The fourth-order valence-corrected chi connectivity index (χ4v) is 4.86.